The van der Waals surface area contributed by atoms with Gasteiger partial charge in [0.05, 0.1) is 6.54 Å². The molecule has 1 fully saturated rings. The lowest BCUT2D eigenvalue weighted by Crippen LogP contribution is -2.50. The van der Waals surface area contributed by atoms with Gasteiger partial charge in [0.25, 0.3) is 0 Å². The van der Waals surface area contributed by atoms with Crippen molar-refractivity contribution in [1.82, 2.24) is 15.1 Å². The summed E-state index contributed by atoms with van der Waals surface area (Å²) in [4.78, 5) is 16.5. The topological polar surface area (TPSA) is 44.8 Å². The Morgan fingerprint density at radius 3 is 2.54 bits per heavy atom. The average molecular weight is 337 g/mol. The second kappa shape index (κ2) is 9.71. The smallest absolute Gasteiger partial charge is 0.234 e. The first kappa shape index (κ1) is 18.8. The van der Waals surface area contributed by atoms with Crippen molar-refractivity contribution in [2.45, 2.75) is 19.4 Å². The van der Waals surface area contributed by atoms with Crippen molar-refractivity contribution in [3.05, 3.63) is 35.6 Å². The van der Waals surface area contributed by atoms with Crippen LogP contribution in [0.3, 0.4) is 0 Å². The van der Waals surface area contributed by atoms with E-state index < -0.39 is 0 Å². The van der Waals surface area contributed by atoms with Gasteiger partial charge < -0.3 is 10.1 Å². The SMILES string of the molecule is COCCCNC(=O)CN1CCN([C@@H](C)c2ccc(F)cc2)CC1. The maximum atomic E-state index is 13.0. The van der Waals surface area contributed by atoms with E-state index in [2.05, 4.69) is 22.0 Å². The molecule has 24 heavy (non-hydrogen) atoms. The molecule has 1 aromatic rings. The number of piperazine rings is 1. The van der Waals surface area contributed by atoms with Gasteiger partial charge in [-0.15, -0.1) is 0 Å². The van der Waals surface area contributed by atoms with Gasteiger partial charge in [-0.05, 0) is 31.0 Å². The predicted octanol–water partition coefficient (Wildman–Crippen LogP) is 1.66. The van der Waals surface area contributed by atoms with E-state index in [1.54, 1.807) is 7.11 Å². The summed E-state index contributed by atoms with van der Waals surface area (Å²) in [6, 6.07) is 6.97. The first-order valence-corrected chi connectivity index (χ1v) is 8.57. The zero-order chi connectivity index (χ0) is 17.4. The summed E-state index contributed by atoms with van der Waals surface area (Å²) >= 11 is 0. The van der Waals surface area contributed by atoms with Crippen LogP contribution in [-0.4, -0.2) is 68.7 Å². The second-order valence-electron chi connectivity index (χ2n) is 6.24. The molecule has 2 rings (SSSR count). The molecule has 1 heterocycles. The minimum atomic E-state index is -0.202. The number of methoxy groups -OCH3 is 1. The van der Waals surface area contributed by atoms with Crippen LogP contribution < -0.4 is 5.32 Å². The third-order valence-corrected chi connectivity index (χ3v) is 4.52. The monoisotopic (exact) mass is 337 g/mol. The van der Waals surface area contributed by atoms with E-state index in [0.29, 0.717) is 19.7 Å². The second-order valence-corrected chi connectivity index (χ2v) is 6.24. The number of hydrogen-bond donors (Lipinski definition) is 1. The molecule has 1 saturated heterocycles. The molecule has 134 valence electrons. The number of amides is 1. The molecule has 1 aromatic carbocycles. The lowest BCUT2D eigenvalue weighted by Gasteiger charge is -2.38. The van der Waals surface area contributed by atoms with Gasteiger partial charge in [-0.2, -0.15) is 0 Å². The van der Waals surface area contributed by atoms with E-state index in [-0.39, 0.29) is 17.8 Å². The van der Waals surface area contributed by atoms with E-state index in [4.69, 9.17) is 4.74 Å². The van der Waals surface area contributed by atoms with Crippen molar-refractivity contribution < 1.29 is 13.9 Å². The van der Waals surface area contributed by atoms with Gasteiger partial charge in [-0.1, -0.05) is 12.1 Å². The van der Waals surface area contributed by atoms with Crippen LogP contribution >= 0.6 is 0 Å². The quantitative estimate of drug-likeness (QED) is 0.733. The first-order chi connectivity index (χ1) is 11.6. The number of nitrogens with zero attached hydrogens (tertiary/aromatic N) is 2. The summed E-state index contributed by atoms with van der Waals surface area (Å²) in [5.74, 6) is -0.126. The average Bonchev–Trinajstić information content (AvgIpc) is 2.59. The number of hydrogen-bond acceptors (Lipinski definition) is 4. The van der Waals surface area contributed by atoms with E-state index in [0.717, 1.165) is 38.2 Å². The number of halogens is 1. The maximum Gasteiger partial charge on any atom is 0.234 e. The number of nitrogens with one attached hydrogen (secondary N) is 1. The molecule has 0 aliphatic carbocycles. The van der Waals surface area contributed by atoms with Crippen LogP contribution in [0, 0.1) is 5.82 Å². The molecule has 0 unspecified atom stereocenters. The highest BCUT2D eigenvalue weighted by Crippen LogP contribution is 2.21. The van der Waals surface area contributed by atoms with Crippen molar-refractivity contribution in [1.29, 1.82) is 0 Å². The van der Waals surface area contributed by atoms with Crippen LogP contribution in [0.2, 0.25) is 0 Å². The third kappa shape index (κ3) is 5.85. The zero-order valence-electron chi connectivity index (χ0n) is 14.6. The van der Waals surface area contributed by atoms with Gasteiger partial charge in [0.2, 0.25) is 5.91 Å². The molecule has 1 amide bonds. The fourth-order valence-electron chi connectivity index (χ4n) is 2.96. The number of benzene rings is 1. The van der Waals surface area contributed by atoms with Gasteiger partial charge in [0, 0.05) is 52.5 Å². The molecule has 0 radical (unpaired) electrons. The highest BCUT2D eigenvalue weighted by molar-refractivity contribution is 5.77. The largest absolute Gasteiger partial charge is 0.385 e. The normalized spacial score (nSPS) is 17.6. The molecule has 0 bridgehead atoms. The molecule has 1 aliphatic heterocycles. The molecule has 1 aliphatic rings. The van der Waals surface area contributed by atoms with Crippen molar-refractivity contribution in [2.75, 3.05) is 53.0 Å². The third-order valence-electron chi connectivity index (χ3n) is 4.52. The minimum Gasteiger partial charge on any atom is -0.385 e. The molecular formula is C18H28FN3O2. The standard InChI is InChI=1S/C18H28FN3O2/c1-15(16-4-6-17(19)7-5-16)22-11-9-21(10-12-22)14-18(23)20-8-3-13-24-2/h4-7,15H,3,8-14H2,1-2H3,(H,20,23)/t15-/m0/s1. The van der Waals surface area contributed by atoms with Crippen LogP contribution in [0.15, 0.2) is 24.3 Å². The summed E-state index contributed by atoms with van der Waals surface area (Å²) < 4.78 is 18.0. The molecule has 1 atom stereocenters. The molecule has 6 heteroatoms. The van der Waals surface area contributed by atoms with Crippen molar-refractivity contribution in [3.63, 3.8) is 0 Å². The van der Waals surface area contributed by atoms with Gasteiger partial charge >= 0.3 is 0 Å². The number of carbonyl (C=O) groups excluding carboxylic acids is 1. The van der Waals surface area contributed by atoms with E-state index in [1.807, 2.05) is 12.1 Å². The molecule has 0 aromatic heterocycles. The van der Waals surface area contributed by atoms with E-state index >= 15 is 0 Å². The highest BCUT2D eigenvalue weighted by atomic mass is 19.1. The summed E-state index contributed by atoms with van der Waals surface area (Å²) in [7, 11) is 1.66. The summed E-state index contributed by atoms with van der Waals surface area (Å²) in [6.45, 7) is 7.49. The number of ether oxygens (including phenoxy) is 1. The van der Waals surface area contributed by atoms with Crippen LogP contribution in [0.4, 0.5) is 4.39 Å². The van der Waals surface area contributed by atoms with E-state index in [1.165, 1.54) is 12.1 Å². The Kier molecular flexibility index (Phi) is 7.62. The van der Waals surface area contributed by atoms with Crippen molar-refractivity contribution >= 4 is 5.91 Å². The molecule has 5 nitrogen and oxygen atoms in total. The van der Waals surface area contributed by atoms with Gasteiger partial charge in [0.15, 0.2) is 0 Å². The van der Waals surface area contributed by atoms with Gasteiger partial charge in [-0.25, -0.2) is 4.39 Å². The predicted molar refractivity (Wildman–Crippen MR) is 92.3 cm³/mol. The fourth-order valence-corrected chi connectivity index (χ4v) is 2.96. The lowest BCUT2D eigenvalue weighted by molar-refractivity contribution is -0.122. The minimum absolute atomic E-state index is 0.0751. The van der Waals surface area contributed by atoms with E-state index in [9.17, 15) is 9.18 Å². The molecule has 1 N–H and O–H groups in total. The zero-order valence-corrected chi connectivity index (χ0v) is 14.6. The van der Waals surface area contributed by atoms with Crippen LogP contribution in [0.1, 0.15) is 24.9 Å². The van der Waals surface area contributed by atoms with Crippen LogP contribution in [0.25, 0.3) is 0 Å². The van der Waals surface area contributed by atoms with Crippen LogP contribution in [0.5, 0.6) is 0 Å². The Bertz CT molecular complexity index is 501. The summed E-state index contributed by atoms with van der Waals surface area (Å²) in [6.07, 6.45) is 0.838. The number of carbonyl (C=O) groups is 1. The Morgan fingerprint density at radius 1 is 1.25 bits per heavy atom. The lowest BCUT2D eigenvalue weighted by atomic mass is 10.1. The molecular weight excluding hydrogens is 309 g/mol. The first-order valence-electron chi connectivity index (χ1n) is 8.57. The Labute approximate surface area is 143 Å². The summed E-state index contributed by atoms with van der Waals surface area (Å²) in [5.41, 5.74) is 1.13. The Balaban J connectivity index is 1.71. The Morgan fingerprint density at radius 2 is 1.92 bits per heavy atom. The molecule has 0 saturated carbocycles. The maximum absolute atomic E-state index is 13.0. The van der Waals surface area contributed by atoms with Gasteiger partial charge in [0.1, 0.15) is 5.82 Å². The van der Waals surface area contributed by atoms with Crippen molar-refractivity contribution in [2.24, 2.45) is 0 Å². The number of rotatable bonds is 8. The highest BCUT2D eigenvalue weighted by Gasteiger charge is 2.23. The molecule has 0 spiro atoms. The van der Waals surface area contributed by atoms with Gasteiger partial charge in [-0.3, -0.25) is 14.6 Å². The Hall–Kier alpha value is -1.50. The van der Waals surface area contributed by atoms with Crippen LogP contribution in [-0.2, 0) is 9.53 Å². The fraction of sp³-hybridized carbons (Fsp3) is 0.611. The van der Waals surface area contributed by atoms with Crippen molar-refractivity contribution in [3.8, 4) is 0 Å². The summed E-state index contributed by atoms with van der Waals surface area (Å²) in [5, 5.41) is 2.92.